The van der Waals surface area contributed by atoms with Gasteiger partial charge in [0.05, 0.1) is 7.11 Å². The fourth-order valence-corrected chi connectivity index (χ4v) is 4.75. The highest BCUT2D eigenvalue weighted by molar-refractivity contribution is 7.19. The topological polar surface area (TPSA) is 42.4 Å². The summed E-state index contributed by atoms with van der Waals surface area (Å²) in [6.45, 7) is 3.08. The van der Waals surface area contributed by atoms with Crippen LogP contribution in [0, 0.1) is 5.82 Å². The van der Waals surface area contributed by atoms with Crippen molar-refractivity contribution in [2.75, 3.05) is 7.11 Å². The van der Waals surface area contributed by atoms with Crippen molar-refractivity contribution in [2.45, 2.75) is 43.9 Å². The summed E-state index contributed by atoms with van der Waals surface area (Å²) < 4.78 is 61.8. The van der Waals surface area contributed by atoms with Gasteiger partial charge in [0.15, 0.2) is 5.60 Å². The van der Waals surface area contributed by atoms with Gasteiger partial charge in [0.25, 0.3) is 0 Å². The zero-order chi connectivity index (χ0) is 21.4. The highest BCUT2D eigenvalue weighted by Gasteiger charge is 2.56. The van der Waals surface area contributed by atoms with Crippen LogP contribution in [0.15, 0.2) is 42.7 Å². The number of ether oxygens (including phenoxy) is 1. The maximum Gasteiger partial charge on any atom is 0.417 e. The molecule has 0 aliphatic carbocycles. The van der Waals surface area contributed by atoms with Crippen LogP contribution in [0.5, 0.6) is 5.75 Å². The molecule has 0 aliphatic rings. The van der Waals surface area contributed by atoms with E-state index in [0.717, 1.165) is 16.2 Å². The van der Waals surface area contributed by atoms with Crippen molar-refractivity contribution in [2.24, 2.45) is 0 Å². The molecule has 0 bridgehead atoms. The summed E-state index contributed by atoms with van der Waals surface area (Å²) in [7, 11) is 1.37. The lowest BCUT2D eigenvalue weighted by atomic mass is 9.73. The van der Waals surface area contributed by atoms with Crippen molar-refractivity contribution in [3.05, 3.63) is 59.0 Å². The first-order valence-electron chi connectivity index (χ1n) is 8.91. The van der Waals surface area contributed by atoms with Crippen molar-refractivity contribution in [3.63, 3.8) is 0 Å². The first-order valence-corrected chi connectivity index (χ1v) is 9.72. The number of aliphatic hydroxyl groups is 1. The summed E-state index contributed by atoms with van der Waals surface area (Å²) >= 11 is 1.19. The van der Waals surface area contributed by atoms with Crippen LogP contribution in [0.4, 0.5) is 17.6 Å². The molecule has 1 unspecified atom stereocenters. The molecule has 0 fully saturated rings. The van der Waals surface area contributed by atoms with Crippen LogP contribution in [-0.4, -0.2) is 29.0 Å². The molecule has 0 aliphatic heterocycles. The van der Waals surface area contributed by atoms with E-state index >= 15 is 0 Å². The molecule has 3 aromatic rings. The van der Waals surface area contributed by atoms with Crippen LogP contribution in [-0.2, 0) is 11.8 Å². The zero-order valence-electron chi connectivity index (χ0n) is 16.2. The van der Waals surface area contributed by atoms with E-state index in [-0.39, 0.29) is 11.3 Å². The molecule has 8 heteroatoms. The molecule has 1 aromatic carbocycles. The average Bonchev–Trinajstić information content (AvgIpc) is 3.02. The van der Waals surface area contributed by atoms with Crippen molar-refractivity contribution in [3.8, 4) is 5.75 Å². The van der Waals surface area contributed by atoms with Gasteiger partial charge in [0.2, 0.25) is 0 Å². The number of aromatic nitrogens is 1. The minimum atomic E-state index is -4.88. The lowest BCUT2D eigenvalue weighted by molar-refractivity contribution is -0.266. The van der Waals surface area contributed by atoms with Gasteiger partial charge in [0.1, 0.15) is 11.6 Å². The van der Waals surface area contributed by atoms with E-state index in [0.29, 0.717) is 4.88 Å². The summed E-state index contributed by atoms with van der Waals surface area (Å²) in [6.07, 6.45) is -2.99. The predicted molar refractivity (Wildman–Crippen MR) is 105 cm³/mol. The summed E-state index contributed by atoms with van der Waals surface area (Å²) in [5.74, 6) is -0.310. The van der Waals surface area contributed by atoms with Gasteiger partial charge >= 0.3 is 6.18 Å². The molecule has 2 aromatic heterocycles. The van der Waals surface area contributed by atoms with Gasteiger partial charge in [-0.3, -0.25) is 4.98 Å². The summed E-state index contributed by atoms with van der Waals surface area (Å²) in [6, 6.07) is 7.04. The van der Waals surface area contributed by atoms with Crippen molar-refractivity contribution in [1.29, 1.82) is 0 Å². The Morgan fingerprint density at radius 1 is 1.14 bits per heavy atom. The van der Waals surface area contributed by atoms with E-state index in [9.17, 15) is 22.7 Å². The highest BCUT2D eigenvalue weighted by atomic mass is 32.1. The van der Waals surface area contributed by atoms with Crippen LogP contribution in [0.3, 0.4) is 0 Å². The van der Waals surface area contributed by atoms with Crippen molar-refractivity contribution < 1.29 is 27.4 Å². The quantitative estimate of drug-likeness (QED) is 0.517. The maximum atomic E-state index is 14.0. The summed E-state index contributed by atoms with van der Waals surface area (Å²) in [5, 5.41) is 11.5. The molecule has 29 heavy (non-hydrogen) atoms. The Kier molecular flexibility index (Phi) is 5.62. The maximum absolute atomic E-state index is 14.0. The number of pyridine rings is 1. The largest absolute Gasteiger partial charge is 0.496 e. The van der Waals surface area contributed by atoms with Gasteiger partial charge in [-0.15, -0.1) is 11.3 Å². The number of fused-ring (bicyclic) bond motifs is 1. The number of nitrogens with zero attached hydrogens (tertiary/aromatic N) is 1. The number of hydrogen-bond donors (Lipinski definition) is 1. The number of halogens is 4. The van der Waals surface area contributed by atoms with E-state index in [2.05, 4.69) is 4.98 Å². The number of alkyl halides is 3. The van der Waals surface area contributed by atoms with Gasteiger partial charge < -0.3 is 9.84 Å². The molecular weight excluding hydrogens is 406 g/mol. The Morgan fingerprint density at radius 2 is 1.86 bits per heavy atom. The average molecular weight is 427 g/mol. The monoisotopic (exact) mass is 427 g/mol. The molecule has 3 rings (SSSR count). The Morgan fingerprint density at radius 3 is 2.48 bits per heavy atom. The Hall–Kier alpha value is -2.19. The third kappa shape index (κ3) is 4.38. The number of hydrogen-bond acceptors (Lipinski definition) is 4. The lowest BCUT2D eigenvalue weighted by Crippen LogP contribution is -2.50. The Bertz CT molecular complexity index is 982. The van der Waals surface area contributed by atoms with Crippen molar-refractivity contribution in [1.82, 2.24) is 4.98 Å². The number of methoxy groups -OCH3 is 1. The lowest BCUT2D eigenvalue weighted by Gasteiger charge is -2.38. The normalized spacial score (nSPS) is 14.8. The molecule has 2 heterocycles. The van der Waals surface area contributed by atoms with Crippen molar-refractivity contribution >= 4 is 21.4 Å². The Balaban J connectivity index is 1.99. The molecule has 0 saturated heterocycles. The van der Waals surface area contributed by atoms with Gasteiger partial charge in [-0.2, -0.15) is 13.2 Å². The second-order valence-corrected chi connectivity index (χ2v) is 8.91. The predicted octanol–water partition coefficient (Wildman–Crippen LogP) is 5.65. The van der Waals surface area contributed by atoms with E-state index in [1.807, 2.05) is 0 Å². The standard InChI is InChI=1S/C21H21F4NO2S/c1-19(2,16-9-14(22)4-5-17(16)28-3)12-20(27,21(23,24)25)10-15-8-13-11-26-7-6-18(13)29-15/h4-9,11,27H,10,12H2,1-3H3. The number of benzene rings is 1. The molecule has 0 spiro atoms. The van der Waals surface area contributed by atoms with E-state index in [1.54, 1.807) is 24.5 Å². The highest BCUT2D eigenvalue weighted by Crippen LogP contribution is 2.46. The fraction of sp³-hybridized carbons (Fsp3) is 0.381. The van der Waals surface area contributed by atoms with Gasteiger partial charge in [-0.05, 0) is 42.2 Å². The Labute approximate surface area is 170 Å². The third-order valence-electron chi connectivity index (χ3n) is 4.99. The van der Waals surface area contributed by atoms with Crippen LogP contribution in [0.25, 0.3) is 10.1 Å². The molecule has 1 atom stereocenters. The van der Waals surface area contributed by atoms with Gasteiger partial charge in [-0.1, -0.05) is 13.8 Å². The fourth-order valence-electron chi connectivity index (χ4n) is 3.61. The first-order chi connectivity index (χ1) is 13.4. The third-order valence-corrected chi connectivity index (χ3v) is 6.10. The second-order valence-electron chi connectivity index (χ2n) is 7.74. The molecule has 0 radical (unpaired) electrons. The summed E-state index contributed by atoms with van der Waals surface area (Å²) in [5.41, 5.74) is -3.94. The van der Waals surface area contributed by atoms with Crippen LogP contribution in [0.1, 0.15) is 30.7 Å². The minimum Gasteiger partial charge on any atom is -0.496 e. The van der Waals surface area contributed by atoms with Crippen LogP contribution in [0.2, 0.25) is 0 Å². The molecule has 3 nitrogen and oxygen atoms in total. The summed E-state index contributed by atoms with van der Waals surface area (Å²) in [4.78, 5) is 4.37. The van der Waals surface area contributed by atoms with Crippen LogP contribution >= 0.6 is 11.3 Å². The van der Waals surface area contributed by atoms with Crippen LogP contribution < -0.4 is 4.74 Å². The van der Waals surface area contributed by atoms with Gasteiger partial charge in [-0.25, -0.2) is 4.39 Å². The van der Waals surface area contributed by atoms with E-state index < -0.39 is 35.9 Å². The molecule has 0 saturated carbocycles. The molecular formula is C21H21F4NO2S. The van der Waals surface area contributed by atoms with Gasteiger partial charge in [0, 0.05) is 39.3 Å². The zero-order valence-corrected chi connectivity index (χ0v) is 17.0. The first kappa shape index (κ1) is 21.5. The number of rotatable bonds is 6. The smallest absolute Gasteiger partial charge is 0.417 e. The molecule has 1 N–H and O–H groups in total. The van der Waals surface area contributed by atoms with E-state index in [1.165, 1.54) is 44.4 Å². The SMILES string of the molecule is COc1ccc(F)cc1C(C)(C)CC(O)(Cc1cc2cnccc2s1)C(F)(F)F. The minimum absolute atomic E-state index is 0.267. The molecule has 0 amide bonds. The number of thiophene rings is 1. The van der Waals surface area contributed by atoms with E-state index in [4.69, 9.17) is 4.74 Å². The molecule has 156 valence electrons. The second kappa shape index (κ2) is 7.57.